The molecule has 1 aliphatic heterocycles. The van der Waals surface area contributed by atoms with Crippen LogP contribution in [0.25, 0.3) is 17.1 Å². The first-order chi connectivity index (χ1) is 21.3. The van der Waals surface area contributed by atoms with Crippen molar-refractivity contribution in [2.75, 3.05) is 12.4 Å². The second-order valence-electron chi connectivity index (χ2n) is 13.3. The predicted molar refractivity (Wildman–Crippen MR) is 179 cm³/mol. The lowest BCUT2D eigenvalue weighted by atomic mass is 9.56. The molecule has 0 saturated heterocycles. The van der Waals surface area contributed by atoms with Gasteiger partial charge in [0.05, 0.1) is 39.0 Å². The van der Waals surface area contributed by atoms with Crippen LogP contribution in [0.3, 0.4) is 0 Å². The number of nitrogens with zero attached hydrogens (tertiary/aromatic N) is 4. The maximum atomic E-state index is 12.9. The van der Waals surface area contributed by atoms with Gasteiger partial charge in [0, 0.05) is 13.1 Å². The number of carbonyl (C=O) groups is 1. The highest BCUT2D eigenvalue weighted by atomic mass is 32.2. The van der Waals surface area contributed by atoms with Crippen molar-refractivity contribution in [3.8, 4) is 11.4 Å². The predicted octanol–water partition coefficient (Wildman–Crippen LogP) is 4.92. The van der Waals surface area contributed by atoms with Crippen molar-refractivity contribution in [3.05, 3.63) is 65.9 Å². The smallest absolute Gasteiger partial charge is 0.391 e. The van der Waals surface area contributed by atoms with Gasteiger partial charge in [0.25, 0.3) is 0 Å². The molecule has 6 N–H and O–H groups in total. The summed E-state index contributed by atoms with van der Waals surface area (Å²) >= 11 is 0. The first kappa shape index (κ1) is 34.2. The molecule has 14 heteroatoms. The Morgan fingerprint density at radius 1 is 1.02 bits per heavy atom. The van der Waals surface area contributed by atoms with Crippen LogP contribution in [0, 0.1) is 10.8 Å². The Bertz CT molecular complexity index is 1800. The fourth-order valence-corrected chi connectivity index (χ4v) is 6.83. The summed E-state index contributed by atoms with van der Waals surface area (Å²) in [6, 6.07) is 11.8. The number of pyridine rings is 1. The number of ether oxygens (including phenoxy) is 1. The third kappa shape index (κ3) is 6.34. The highest BCUT2D eigenvalue weighted by Crippen LogP contribution is 2.50. The Labute approximate surface area is 269 Å². The number of anilines is 1. The number of sulfone groups is 1. The Balaban J connectivity index is 1.91. The Hall–Kier alpha value is -4.72. The fourth-order valence-electron chi connectivity index (χ4n) is 5.77. The summed E-state index contributed by atoms with van der Waals surface area (Å²) in [6.07, 6.45) is 0.531. The number of amides is 1. The van der Waals surface area contributed by atoms with Gasteiger partial charge in [-0.2, -0.15) is 0 Å². The molecular weight excluding hydrogens is 608 g/mol. The van der Waals surface area contributed by atoms with Gasteiger partial charge >= 0.3 is 6.09 Å². The molecular formula is C32H42N8O5S. The molecule has 1 aliphatic rings. The van der Waals surface area contributed by atoms with Crippen molar-refractivity contribution in [1.29, 1.82) is 0 Å². The molecule has 3 heterocycles. The summed E-state index contributed by atoms with van der Waals surface area (Å²) in [7, 11) is -1.93. The second kappa shape index (κ2) is 12.2. The van der Waals surface area contributed by atoms with E-state index < -0.39 is 37.5 Å². The molecule has 1 amide bonds. The summed E-state index contributed by atoms with van der Waals surface area (Å²) < 4.78 is 37.1. The van der Waals surface area contributed by atoms with Crippen LogP contribution in [0.1, 0.15) is 66.7 Å². The number of aliphatic imine (C=N–C) groups is 2. The third-order valence-corrected chi connectivity index (χ3v) is 10.1. The third-order valence-electron chi connectivity index (χ3n) is 7.91. The van der Waals surface area contributed by atoms with Gasteiger partial charge in [-0.15, -0.1) is 0 Å². The number of guanidine groups is 1. The molecule has 0 saturated carbocycles. The van der Waals surface area contributed by atoms with Gasteiger partial charge in [0.2, 0.25) is 5.88 Å². The Kier molecular flexibility index (Phi) is 9.08. The van der Waals surface area contributed by atoms with Crippen molar-refractivity contribution in [1.82, 2.24) is 15.5 Å². The number of nitrogens with one attached hydrogen (secondary N) is 2. The van der Waals surface area contributed by atoms with Crippen LogP contribution in [0.2, 0.25) is 0 Å². The fraction of sp³-hybridized carbons (Fsp3) is 0.406. The molecule has 13 nitrogen and oxygen atoms in total. The lowest BCUT2D eigenvalue weighted by molar-refractivity contribution is 0.0726. The van der Waals surface area contributed by atoms with E-state index in [9.17, 15) is 13.2 Å². The summed E-state index contributed by atoms with van der Waals surface area (Å²) in [5.41, 5.74) is 12.1. The normalized spacial score (nSPS) is 15.8. The molecule has 46 heavy (non-hydrogen) atoms. The van der Waals surface area contributed by atoms with Crippen molar-refractivity contribution < 1.29 is 22.5 Å². The quantitative estimate of drug-likeness (QED) is 0.201. The van der Waals surface area contributed by atoms with E-state index in [1.807, 2.05) is 41.5 Å². The average Bonchev–Trinajstić information content (AvgIpc) is 3.46. The zero-order valence-corrected chi connectivity index (χ0v) is 28.4. The molecule has 0 atom stereocenters. The first-order valence-corrected chi connectivity index (χ1v) is 16.2. The minimum Gasteiger partial charge on any atom is -0.391 e. The highest BCUT2D eigenvalue weighted by Gasteiger charge is 2.57. The number of hydrogen-bond donors (Lipinski definition) is 4. The van der Waals surface area contributed by atoms with E-state index in [-0.39, 0.29) is 28.2 Å². The van der Waals surface area contributed by atoms with Gasteiger partial charge in [-0.3, -0.25) is 9.98 Å². The molecule has 246 valence electrons. The van der Waals surface area contributed by atoms with E-state index in [0.29, 0.717) is 28.4 Å². The molecule has 0 unspecified atom stereocenters. The van der Waals surface area contributed by atoms with E-state index in [1.54, 1.807) is 69.6 Å². The summed E-state index contributed by atoms with van der Waals surface area (Å²) in [5, 5.41) is 10.0. The van der Waals surface area contributed by atoms with Crippen molar-refractivity contribution in [3.63, 3.8) is 0 Å². The molecule has 0 spiro atoms. The molecule has 1 aromatic carbocycles. The number of primary amides is 1. The lowest BCUT2D eigenvalue weighted by Gasteiger charge is -2.56. The molecule has 0 aliphatic carbocycles. The number of benzene rings is 1. The number of nitrogens with two attached hydrogens (primary N) is 2. The van der Waals surface area contributed by atoms with E-state index in [4.69, 9.17) is 25.7 Å². The van der Waals surface area contributed by atoms with Crippen LogP contribution in [-0.4, -0.2) is 54.2 Å². The van der Waals surface area contributed by atoms with Crippen LogP contribution in [0.5, 0.6) is 0 Å². The molecule has 0 bridgehead atoms. The molecule has 3 aromatic rings. The molecule has 0 radical (unpaired) electrons. The Morgan fingerprint density at radius 2 is 1.65 bits per heavy atom. The minimum atomic E-state index is -3.50. The van der Waals surface area contributed by atoms with E-state index in [0.717, 1.165) is 0 Å². The van der Waals surface area contributed by atoms with E-state index in [2.05, 4.69) is 25.8 Å². The monoisotopic (exact) mass is 650 g/mol. The van der Waals surface area contributed by atoms with Crippen molar-refractivity contribution >= 4 is 39.0 Å². The highest BCUT2D eigenvalue weighted by molar-refractivity contribution is 7.92. The summed E-state index contributed by atoms with van der Waals surface area (Å²) in [4.78, 5) is 25.8. The largest absolute Gasteiger partial charge is 0.411 e. The van der Waals surface area contributed by atoms with Crippen LogP contribution in [0.15, 0.2) is 73.9 Å². The van der Waals surface area contributed by atoms with E-state index in [1.165, 1.54) is 0 Å². The number of carbonyl (C=O) groups excluding carboxylic acids is 1. The zero-order valence-electron chi connectivity index (χ0n) is 27.6. The van der Waals surface area contributed by atoms with Crippen LogP contribution >= 0.6 is 0 Å². The van der Waals surface area contributed by atoms with Gasteiger partial charge in [0.1, 0.15) is 5.69 Å². The molecule has 2 aromatic heterocycles. The average molecular weight is 651 g/mol. The number of hydrogen-bond acceptors (Lipinski definition) is 10. The molecule has 4 rings (SSSR count). The van der Waals surface area contributed by atoms with Gasteiger partial charge in [0.15, 0.2) is 27.3 Å². The van der Waals surface area contributed by atoms with Crippen LogP contribution in [-0.2, 0) is 14.6 Å². The van der Waals surface area contributed by atoms with Crippen molar-refractivity contribution in [2.45, 2.75) is 71.1 Å². The van der Waals surface area contributed by atoms with Gasteiger partial charge in [-0.05, 0) is 54.5 Å². The van der Waals surface area contributed by atoms with Gasteiger partial charge < -0.3 is 31.4 Å². The van der Waals surface area contributed by atoms with Crippen molar-refractivity contribution in [2.24, 2.45) is 32.3 Å². The zero-order chi connectivity index (χ0) is 34.2. The van der Waals surface area contributed by atoms with E-state index >= 15 is 0 Å². The Morgan fingerprint density at radius 3 is 2.15 bits per heavy atom. The lowest BCUT2D eigenvalue weighted by Crippen LogP contribution is -2.69. The van der Waals surface area contributed by atoms with Crippen LogP contribution in [0.4, 0.5) is 10.5 Å². The summed E-state index contributed by atoms with van der Waals surface area (Å²) in [5.74, 6) is 0.408. The van der Waals surface area contributed by atoms with Gasteiger partial charge in [-0.1, -0.05) is 58.8 Å². The van der Waals surface area contributed by atoms with Crippen LogP contribution < -0.4 is 22.1 Å². The standard InChI is InChI=1S/C32H42N8O5S/c1-18(2)46(42,43)21-13-10-19(11-14-21)26-32(30(3,4)5,31(6,7)8)39-27(44-29(34)41)25(38-26)24-16-23(40-45-24)22-15-12-20(17-36-22)37-28(33)35-9/h10-18,39H,1-9H3,(H2,34,41)(H3,33,35,37). The maximum Gasteiger partial charge on any atom is 0.411 e. The summed E-state index contributed by atoms with van der Waals surface area (Å²) in [6.45, 7) is 15.5. The maximum absolute atomic E-state index is 12.9. The first-order valence-electron chi connectivity index (χ1n) is 14.7. The second-order valence-corrected chi connectivity index (χ2v) is 15.8. The van der Waals surface area contributed by atoms with Gasteiger partial charge in [-0.25, -0.2) is 18.2 Å². The minimum absolute atomic E-state index is 0.00959. The number of aromatic nitrogens is 2. The molecule has 0 fully saturated rings. The topological polar surface area (TPSA) is 200 Å². The SMILES string of the molecule is CN=C(N)Nc1ccc(-c2cc(C3=C(OC(N)=O)NC(C(C)(C)C)(C(C)(C)C)C(c4ccc(S(=O)(=O)C(C)C)cc4)=N3)on2)nc1. The number of rotatable bonds is 7.